The molecule has 0 saturated carbocycles. The molecule has 0 atom stereocenters. The number of aromatic nitrogens is 2. The number of hydrogen-bond donors (Lipinski definition) is 2. The smallest absolute Gasteiger partial charge is 0.240 e. The molecular formula is C23H24N7O+. The van der Waals surface area contributed by atoms with E-state index in [9.17, 15) is 10.1 Å². The summed E-state index contributed by atoms with van der Waals surface area (Å²) in [7, 11) is 0. The molecule has 4 heterocycles. The van der Waals surface area contributed by atoms with Crippen LogP contribution in [-0.4, -0.2) is 24.0 Å². The zero-order valence-corrected chi connectivity index (χ0v) is 17.6. The number of carbonyl (C=O) groups is 1. The average molecular weight is 414 g/mol. The van der Waals surface area contributed by atoms with Gasteiger partial charge in [-0.05, 0) is 49.9 Å². The van der Waals surface area contributed by atoms with E-state index in [4.69, 9.17) is 11.5 Å². The number of nitrogens with two attached hydrogens (primary N) is 2. The Kier molecular flexibility index (Phi) is 4.22. The van der Waals surface area contributed by atoms with Crippen LogP contribution in [0.5, 0.6) is 0 Å². The third kappa shape index (κ3) is 2.77. The summed E-state index contributed by atoms with van der Waals surface area (Å²) < 4.78 is 0. The number of nitrogens with zero attached hydrogens (tertiary/aromatic N) is 4. The second-order valence-electron chi connectivity index (χ2n) is 8.29. The number of amides is 1. The van der Waals surface area contributed by atoms with Crippen LogP contribution in [0.25, 0.3) is 10.8 Å². The van der Waals surface area contributed by atoms with Gasteiger partial charge in [-0.25, -0.2) is 9.97 Å². The van der Waals surface area contributed by atoms with E-state index in [0.717, 1.165) is 42.7 Å². The summed E-state index contributed by atoms with van der Waals surface area (Å²) in [6.45, 7) is 5.75. The molecule has 8 nitrogen and oxygen atoms in total. The molecule has 1 saturated heterocycles. The van der Waals surface area contributed by atoms with Gasteiger partial charge in [0.1, 0.15) is 23.3 Å². The lowest BCUT2D eigenvalue weighted by Crippen LogP contribution is -2.29. The average Bonchev–Trinajstić information content (AvgIpc) is 3.37. The fraction of sp³-hybridized carbons (Fsp3) is 0.304. The minimum atomic E-state index is -0.101. The van der Waals surface area contributed by atoms with E-state index in [1.54, 1.807) is 4.90 Å². The van der Waals surface area contributed by atoms with Gasteiger partial charge in [-0.2, -0.15) is 5.26 Å². The zero-order chi connectivity index (χ0) is 21.9. The number of aryl methyl sites for hydroxylation is 2. The highest BCUT2D eigenvalue weighted by atomic mass is 16.2. The van der Waals surface area contributed by atoms with Crippen LogP contribution < -0.4 is 26.3 Å². The SMILES string of the molecule is Cc1ccc(N2C(=O)Cc3c2nc(N)c2c(N)[nH+]c(N4CCCC4)c(C#N)c32)cc1C. The van der Waals surface area contributed by atoms with Gasteiger partial charge in [0, 0.05) is 10.9 Å². The Bertz CT molecular complexity index is 1300. The summed E-state index contributed by atoms with van der Waals surface area (Å²) in [5.41, 5.74) is 16.8. The maximum absolute atomic E-state index is 13.1. The molecule has 2 aliphatic heterocycles. The van der Waals surface area contributed by atoms with Crippen molar-refractivity contribution in [1.29, 1.82) is 5.26 Å². The van der Waals surface area contributed by atoms with Crippen molar-refractivity contribution in [2.75, 3.05) is 34.4 Å². The number of nitrogen functional groups attached to an aromatic ring is 2. The highest BCUT2D eigenvalue weighted by Gasteiger charge is 2.36. The number of carbonyl (C=O) groups excluding carboxylic acids is 1. The third-order valence-corrected chi connectivity index (χ3v) is 6.39. The first-order valence-electron chi connectivity index (χ1n) is 10.4. The van der Waals surface area contributed by atoms with E-state index in [2.05, 4.69) is 20.9 Å². The highest BCUT2D eigenvalue weighted by molar-refractivity contribution is 6.15. The van der Waals surface area contributed by atoms with Crippen LogP contribution in [0.15, 0.2) is 18.2 Å². The van der Waals surface area contributed by atoms with E-state index >= 15 is 0 Å². The molecule has 5 N–H and O–H groups in total. The van der Waals surface area contributed by atoms with Crippen molar-refractivity contribution in [3.63, 3.8) is 0 Å². The van der Waals surface area contributed by atoms with Crippen molar-refractivity contribution < 1.29 is 9.78 Å². The number of hydrogen-bond acceptors (Lipinski definition) is 6. The van der Waals surface area contributed by atoms with Gasteiger partial charge in [0.15, 0.2) is 0 Å². The van der Waals surface area contributed by atoms with Gasteiger partial charge in [0.05, 0.1) is 30.6 Å². The number of anilines is 5. The van der Waals surface area contributed by atoms with Crippen molar-refractivity contribution in [2.45, 2.75) is 33.1 Å². The lowest BCUT2D eigenvalue weighted by molar-refractivity contribution is -0.344. The van der Waals surface area contributed by atoms with Gasteiger partial charge in [-0.1, -0.05) is 6.07 Å². The normalized spacial score (nSPS) is 15.6. The van der Waals surface area contributed by atoms with Crippen LogP contribution in [0.1, 0.15) is 35.1 Å². The van der Waals surface area contributed by atoms with Crippen LogP contribution in [-0.2, 0) is 11.2 Å². The predicted octanol–water partition coefficient (Wildman–Crippen LogP) is 2.52. The molecule has 0 radical (unpaired) electrons. The molecular weight excluding hydrogens is 390 g/mol. The Morgan fingerprint density at radius 3 is 2.55 bits per heavy atom. The molecule has 2 aromatic heterocycles. The van der Waals surface area contributed by atoms with Gasteiger partial charge in [-0.3, -0.25) is 14.6 Å². The van der Waals surface area contributed by atoms with Crippen molar-refractivity contribution in [2.24, 2.45) is 0 Å². The van der Waals surface area contributed by atoms with Gasteiger partial charge >= 0.3 is 0 Å². The Morgan fingerprint density at radius 1 is 1.13 bits per heavy atom. The molecule has 31 heavy (non-hydrogen) atoms. The van der Waals surface area contributed by atoms with E-state index < -0.39 is 0 Å². The molecule has 0 aliphatic carbocycles. The highest BCUT2D eigenvalue weighted by Crippen LogP contribution is 2.43. The second-order valence-corrected chi connectivity index (χ2v) is 8.29. The van der Waals surface area contributed by atoms with Gasteiger partial charge in [-0.15, -0.1) is 0 Å². The van der Waals surface area contributed by atoms with Crippen molar-refractivity contribution in [3.05, 3.63) is 40.5 Å². The molecule has 0 unspecified atom stereocenters. The summed E-state index contributed by atoms with van der Waals surface area (Å²) >= 11 is 0. The molecule has 1 fully saturated rings. The van der Waals surface area contributed by atoms with Gasteiger partial charge in [0.2, 0.25) is 17.5 Å². The molecule has 3 aromatic rings. The van der Waals surface area contributed by atoms with Crippen molar-refractivity contribution in [1.82, 2.24) is 4.98 Å². The molecule has 0 spiro atoms. The summed E-state index contributed by atoms with van der Waals surface area (Å²) in [6, 6.07) is 8.21. The van der Waals surface area contributed by atoms with E-state index in [-0.39, 0.29) is 18.1 Å². The Labute approximate surface area is 180 Å². The minimum absolute atomic E-state index is 0.101. The Balaban J connectivity index is 1.80. The number of fused-ring (bicyclic) bond motifs is 3. The van der Waals surface area contributed by atoms with Crippen LogP contribution in [0.3, 0.4) is 0 Å². The largest absolute Gasteiger partial charge is 0.383 e. The molecule has 0 bridgehead atoms. The fourth-order valence-electron chi connectivity index (χ4n) is 4.67. The molecule has 156 valence electrons. The van der Waals surface area contributed by atoms with E-state index in [1.807, 2.05) is 32.0 Å². The maximum atomic E-state index is 13.1. The zero-order valence-electron chi connectivity index (χ0n) is 17.6. The van der Waals surface area contributed by atoms with Crippen LogP contribution >= 0.6 is 0 Å². The first-order valence-corrected chi connectivity index (χ1v) is 10.4. The minimum Gasteiger partial charge on any atom is -0.383 e. The van der Waals surface area contributed by atoms with E-state index in [1.165, 1.54) is 0 Å². The van der Waals surface area contributed by atoms with Crippen LogP contribution in [0, 0.1) is 25.2 Å². The summed E-state index contributed by atoms with van der Waals surface area (Å²) in [6.07, 6.45) is 2.27. The standard InChI is InChI=1S/C23H23N7O/c1-12-5-6-14(9-13(12)2)30-17(31)10-15-18-16(11-24)22(29-7-3-4-8-29)27-20(25)19(18)21(26)28-23(15)30/h5-6,9H,3-4,7-8,10H2,1-2H3,(H2,25,27)(H2,26,28)/p+1. The summed E-state index contributed by atoms with van der Waals surface area (Å²) in [5.74, 6) is 1.63. The first kappa shape index (κ1) is 19.1. The fourth-order valence-corrected chi connectivity index (χ4v) is 4.67. The van der Waals surface area contributed by atoms with Gasteiger partial charge in [0.25, 0.3) is 0 Å². The maximum Gasteiger partial charge on any atom is 0.240 e. The Hall–Kier alpha value is -3.86. The summed E-state index contributed by atoms with van der Waals surface area (Å²) in [5, 5.41) is 11.2. The van der Waals surface area contributed by atoms with Crippen molar-refractivity contribution in [3.8, 4) is 6.07 Å². The number of nitriles is 1. The molecule has 8 heteroatoms. The molecule has 1 amide bonds. The lowest BCUT2D eigenvalue weighted by atomic mass is 10.0. The second kappa shape index (κ2) is 6.84. The number of nitrogens with one attached hydrogen (secondary N) is 1. The quantitative estimate of drug-likeness (QED) is 0.663. The Morgan fingerprint density at radius 2 is 1.87 bits per heavy atom. The number of rotatable bonds is 2. The first-order chi connectivity index (χ1) is 14.9. The molecule has 1 aromatic carbocycles. The third-order valence-electron chi connectivity index (χ3n) is 6.39. The van der Waals surface area contributed by atoms with Gasteiger partial charge < -0.3 is 11.5 Å². The van der Waals surface area contributed by atoms with Crippen molar-refractivity contribution >= 4 is 45.6 Å². The number of H-pyrrole nitrogens is 1. The summed E-state index contributed by atoms with van der Waals surface area (Å²) in [4.78, 5) is 24.6. The van der Waals surface area contributed by atoms with Crippen LogP contribution in [0.2, 0.25) is 0 Å². The molecule has 5 rings (SSSR count). The monoisotopic (exact) mass is 414 g/mol. The van der Waals surface area contributed by atoms with E-state index in [0.29, 0.717) is 39.4 Å². The number of pyridine rings is 2. The number of aromatic amines is 1. The predicted molar refractivity (Wildman–Crippen MR) is 120 cm³/mol. The number of benzene rings is 1. The topological polar surface area (TPSA) is 126 Å². The lowest BCUT2D eigenvalue weighted by Gasteiger charge is -2.20. The molecule has 2 aliphatic rings. The van der Waals surface area contributed by atoms with Crippen LogP contribution in [0.4, 0.5) is 29.0 Å².